The lowest BCUT2D eigenvalue weighted by molar-refractivity contribution is -0.140. The first-order valence-electron chi connectivity index (χ1n) is 12.1. The summed E-state index contributed by atoms with van der Waals surface area (Å²) in [5, 5.41) is 5.61. The topological polar surface area (TPSA) is 87.3 Å². The number of carbonyl (C=O) groups is 3. The van der Waals surface area contributed by atoms with Gasteiger partial charge in [-0.15, -0.1) is 23.2 Å². The molecule has 1 aliphatic rings. The van der Waals surface area contributed by atoms with E-state index in [4.69, 9.17) is 34.8 Å². The smallest absolute Gasteiger partial charge is 0.326 e. The van der Waals surface area contributed by atoms with Crippen LogP contribution < -0.4 is 16.0 Å². The average molecular weight is 689 g/mol. The van der Waals surface area contributed by atoms with E-state index in [2.05, 4.69) is 5.32 Å². The highest BCUT2D eigenvalue weighted by Crippen LogP contribution is 2.65. The Labute approximate surface area is 257 Å². The summed E-state index contributed by atoms with van der Waals surface area (Å²) in [6.07, 6.45) is -5.02. The summed E-state index contributed by atoms with van der Waals surface area (Å²) < 4.78 is 107. The van der Waals surface area contributed by atoms with Gasteiger partial charge in [-0.05, 0) is 48.0 Å². The van der Waals surface area contributed by atoms with Crippen LogP contribution in [0, 0.1) is 23.4 Å². The Hall–Kier alpha value is -3.62. The van der Waals surface area contributed by atoms with Crippen molar-refractivity contribution in [1.29, 1.82) is 0 Å². The Kier molecular flexibility index (Phi) is 8.86. The van der Waals surface area contributed by atoms with Gasteiger partial charge in [-0.1, -0.05) is 17.7 Å². The van der Waals surface area contributed by atoms with Crippen LogP contribution in [0.3, 0.4) is 0 Å². The molecule has 234 valence electrons. The Morgan fingerprint density at radius 1 is 0.841 bits per heavy atom. The molecule has 3 amide bonds. The van der Waals surface area contributed by atoms with E-state index < -0.39 is 80.4 Å². The third kappa shape index (κ3) is 6.71. The molecular formula is C27H16Cl3F8N3O3. The van der Waals surface area contributed by atoms with E-state index in [0.717, 1.165) is 24.3 Å². The number of hydrogen-bond acceptors (Lipinski definition) is 3. The Morgan fingerprint density at radius 3 is 2.09 bits per heavy atom. The lowest BCUT2D eigenvalue weighted by Gasteiger charge is -2.15. The van der Waals surface area contributed by atoms with Crippen LogP contribution in [-0.2, 0) is 15.8 Å². The lowest BCUT2D eigenvalue weighted by Crippen LogP contribution is -2.32. The van der Waals surface area contributed by atoms with Gasteiger partial charge in [0.2, 0.25) is 5.91 Å². The molecule has 1 aliphatic carbocycles. The van der Waals surface area contributed by atoms with Gasteiger partial charge in [0.15, 0.2) is 5.82 Å². The molecule has 1 fully saturated rings. The molecule has 0 spiro atoms. The minimum atomic E-state index is -5.02. The number of amides is 3. The second-order valence-electron chi connectivity index (χ2n) is 9.63. The van der Waals surface area contributed by atoms with E-state index in [1.807, 2.05) is 5.32 Å². The summed E-state index contributed by atoms with van der Waals surface area (Å²) in [6.45, 7) is 0.202. The molecule has 0 aliphatic heterocycles. The summed E-state index contributed by atoms with van der Waals surface area (Å²) in [4.78, 5) is 37.4. The third-order valence-corrected chi connectivity index (χ3v) is 7.72. The zero-order chi connectivity index (χ0) is 32.9. The zero-order valence-electron chi connectivity index (χ0n) is 21.7. The fourth-order valence-corrected chi connectivity index (χ4v) is 5.23. The first kappa shape index (κ1) is 33.3. The molecule has 4 rings (SSSR count). The second kappa shape index (κ2) is 11.7. The van der Waals surface area contributed by atoms with Gasteiger partial charge < -0.3 is 16.0 Å². The maximum Gasteiger partial charge on any atom is 0.419 e. The highest BCUT2D eigenvalue weighted by molar-refractivity contribution is 6.53. The fourth-order valence-electron chi connectivity index (χ4n) is 4.19. The Balaban J connectivity index is 1.53. The van der Waals surface area contributed by atoms with Crippen molar-refractivity contribution in [3.05, 3.63) is 87.7 Å². The van der Waals surface area contributed by atoms with Crippen molar-refractivity contribution in [2.24, 2.45) is 5.92 Å². The predicted molar refractivity (Wildman–Crippen MR) is 146 cm³/mol. The van der Waals surface area contributed by atoms with E-state index >= 15 is 0 Å². The van der Waals surface area contributed by atoms with E-state index in [0.29, 0.717) is 18.2 Å². The van der Waals surface area contributed by atoms with Gasteiger partial charge in [-0.2, -0.15) is 22.0 Å². The largest absolute Gasteiger partial charge is 0.419 e. The highest BCUT2D eigenvalue weighted by atomic mass is 35.5. The molecule has 3 aromatic rings. The zero-order valence-corrected chi connectivity index (χ0v) is 23.9. The van der Waals surface area contributed by atoms with E-state index in [-0.39, 0.29) is 28.8 Å². The minimum absolute atomic E-state index is 0.0906. The van der Waals surface area contributed by atoms with Crippen LogP contribution in [0.1, 0.15) is 34.3 Å². The molecule has 17 heteroatoms. The van der Waals surface area contributed by atoms with Crippen molar-refractivity contribution in [2.75, 3.05) is 16.0 Å². The molecule has 0 unspecified atom stereocenters. The molecule has 2 atom stereocenters. The highest BCUT2D eigenvalue weighted by Gasteiger charge is 2.67. The third-order valence-electron chi connectivity index (χ3n) is 6.45. The van der Waals surface area contributed by atoms with E-state index in [1.54, 1.807) is 0 Å². The molecule has 3 N–H and O–H groups in total. The minimum Gasteiger partial charge on any atom is -0.326 e. The van der Waals surface area contributed by atoms with Crippen molar-refractivity contribution < 1.29 is 49.5 Å². The molecule has 44 heavy (non-hydrogen) atoms. The SMILES string of the molecule is CC(F)(F)C(=O)Nc1c(F)ccc(NC(=O)c2cc(NC(=O)[C@H]3[C@H](c4ccc(F)c(C(F)(F)F)c4)C3(Cl)Cl)ccc2Cl)c1F. The summed E-state index contributed by atoms with van der Waals surface area (Å²) in [5.74, 6) is -15.0. The molecule has 0 saturated heterocycles. The Morgan fingerprint density at radius 2 is 1.48 bits per heavy atom. The van der Waals surface area contributed by atoms with Gasteiger partial charge in [-0.3, -0.25) is 14.4 Å². The van der Waals surface area contributed by atoms with Gasteiger partial charge in [-0.25, -0.2) is 13.2 Å². The first-order valence-corrected chi connectivity index (χ1v) is 13.2. The molecule has 0 radical (unpaired) electrons. The van der Waals surface area contributed by atoms with E-state index in [9.17, 15) is 49.5 Å². The molecular weight excluding hydrogens is 673 g/mol. The van der Waals surface area contributed by atoms with Gasteiger partial charge in [0.05, 0.1) is 27.8 Å². The monoisotopic (exact) mass is 687 g/mol. The van der Waals surface area contributed by atoms with Crippen molar-refractivity contribution in [1.82, 2.24) is 0 Å². The average Bonchev–Trinajstić information content (AvgIpc) is 3.49. The number of alkyl halides is 7. The first-order chi connectivity index (χ1) is 20.2. The second-order valence-corrected chi connectivity index (χ2v) is 11.5. The van der Waals surface area contributed by atoms with Gasteiger partial charge in [0.25, 0.3) is 11.8 Å². The molecule has 0 heterocycles. The maximum absolute atomic E-state index is 14.9. The maximum atomic E-state index is 14.9. The van der Waals surface area contributed by atoms with Crippen molar-refractivity contribution >= 4 is 69.6 Å². The number of rotatable bonds is 7. The lowest BCUT2D eigenvalue weighted by atomic mass is 10.0. The number of hydrogen-bond donors (Lipinski definition) is 3. The molecule has 3 aromatic carbocycles. The van der Waals surface area contributed by atoms with Crippen LogP contribution in [0.25, 0.3) is 0 Å². The summed E-state index contributed by atoms with van der Waals surface area (Å²) in [5.41, 5.74) is -4.18. The number of benzene rings is 3. The standard InChI is InChI=1S/C27H16Cl3F8N3O3/c1-25(34,35)24(44)41-21-16(32)6-7-17(20(21)33)40-22(42)12-9-11(3-4-14(12)28)39-23(43)19-18(26(19,29)30)10-2-5-15(31)13(8-10)27(36,37)38/h2-9,18-19H,1H3,(H,39,43)(H,40,42)(H,41,44)/t18-,19+/m0/s1. The molecule has 0 bridgehead atoms. The van der Waals surface area contributed by atoms with Crippen LogP contribution in [-0.4, -0.2) is 28.0 Å². The fraction of sp³-hybridized carbons (Fsp3) is 0.222. The number of anilines is 3. The van der Waals surface area contributed by atoms with Crippen LogP contribution in [0.5, 0.6) is 0 Å². The molecule has 0 aromatic heterocycles. The predicted octanol–water partition coefficient (Wildman–Crippen LogP) is 8.15. The summed E-state index contributed by atoms with van der Waals surface area (Å²) in [7, 11) is 0. The van der Waals surface area contributed by atoms with Crippen molar-refractivity contribution in [3.8, 4) is 0 Å². The number of carbonyl (C=O) groups excluding carboxylic acids is 3. The van der Waals surface area contributed by atoms with Gasteiger partial charge in [0, 0.05) is 18.5 Å². The Bertz CT molecular complexity index is 1680. The van der Waals surface area contributed by atoms with Crippen LogP contribution in [0.15, 0.2) is 48.5 Å². The number of halogens is 11. The molecule has 1 saturated carbocycles. The van der Waals surface area contributed by atoms with Gasteiger partial charge in [0.1, 0.15) is 21.7 Å². The van der Waals surface area contributed by atoms with Crippen LogP contribution in [0.4, 0.5) is 52.2 Å². The van der Waals surface area contributed by atoms with Crippen LogP contribution >= 0.6 is 34.8 Å². The van der Waals surface area contributed by atoms with E-state index in [1.165, 1.54) is 11.4 Å². The number of nitrogens with one attached hydrogen (secondary N) is 3. The molecule has 6 nitrogen and oxygen atoms in total. The normalized spacial score (nSPS) is 17.5. The van der Waals surface area contributed by atoms with Crippen molar-refractivity contribution in [3.63, 3.8) is 0 Å². The summed E-state index contributed by atoms with van der Waals surface area (Å²) in [6, 6.07) is 6.82. The quantitative estimate of drug-likeness (QED) is 0.173. The van der Waals surface area contributed by atoms with Crippen molar-refractivity contribution in [2.45, 2.75) is 29.3 Å². The van der Waals surface area contributed by atoms with Gasteiger partial charge >= 0.3 is 12.1 Å². The summed E-state index contributed by atoms with van der Waals surface area (Å²) >= 11 is 18.4. The van der Waals surface area contributed by atoms with Crippen LogP contribution in [0.2, 0.25) is 5.02 Å².